The highest BCUT2D eigenvalue weighted by Crippen LogP contribution is 2.60. The van der Waals surface area contributed by atoms with Gasteiger partial charge in [0.2, 0.25) is 0 Å². The predicted molar refractivity (Wildman–Crippen MR) is 83.9 cm³/mol. The predicted octanol–water partition coefficient (Wildman–Crippen LogP) is 4.17. The van der Waals surface area contributed by atoms with Gasteiger partial charge < -0.3 is 5.11 Å². The average molecular weight is 283 g/mol. The molecule has 3 atom stereocenters. The van der Waals surface area contributed by atoms with Crippen molar-refractivity contribution in [2.24, 2.45) is 10.8 Å². The van der Waals surface area contributed by atoms with Gasteiger partial charge >= 0.3 is 5.97 Å². The Bertz CT molecular complexity index is 357. The molecule has 1 heterocycles. The van der Waals surface area contributed by atoms with E-state index in [2.05, 4.69) is 39.5 Å². The van der Waals surface area contributed by atoms with Crippen LogP contribution in [0.25, 0.3) is 0 Å². The molecule has 1 fully saturated rings. The first kappa shape index (κ1) is 17.5. The molecule has 3 heteroatoms. The second kappa shape index (κ2) is 6.05. The highest BCUT2D eigenvalue weighted by atomic mass is 16.4. The summed E-state index contributed by atoms with van der Waals surface area (Å²) >= 11 is 0. The summed E-state index contributed by atoms with van der Waals surface area (Å²) in [7, 11) is 2.01. The molecule has 1 rings (SSSR count). The highest BCUT2D eigenvalue weighted by Gasteiger charge is 2.67. The van der Waals surface area contributed by atoms with Crippen LogP contribution in [0.5, 0.6) is 0 Å². The molecule has 0 aliphatic carbocycles. The molecular weight excluding hydrogens is 250 g/mol. The van der Waals surface area contributed by atoms with E-state index < -0.39 is 11.5 Å². The minimum Gasteiger partial charge on any atom is -0.480 e. The summed E-state index contributed by atoms with van der Waals surface area (Å²) < 4.78 is 0. The number of hydrogen-bond acceptors (Lipinski definition) is 2. The van der Waals surface area contributed by atoms with Crippen LogP contribution in [-0.4, -0.2) is 35.1 Å². The number of likely N-dealkylation sites (N-methyl/N-ethyl adjacent to an activating group) is 1. The fourth-order valence-corrected chi connectivity index (χ4v) is 4.58. The Hall–Kier alpha value is -0.570. The third-order valence-corrected chi connectivity index (χ3v) is 6.47. The van der Waals surface area contributed by atoms with Gasteiger partial charge in [-0.2, -0.15) is 0 Å². The van der Waals surface area contributed by atoms with E-state index in [1.165, 1.54) is 0 Å². The van der Waals surface area contributed by atoms with Gasteiger partial charge in [-0.3, -0.25) is 9.69 Å². The fourth-order valence-electron chi connectivity index (χ4n) is 4.58. The van der Waals surface area contributed by atoms with E-state index >= 15 is 0 Å². The minimum absolute atomic E-state index is 0.0705. The lowest BCUT2D eigenvalue weighted by atomic mass is 9.55. The van der Waals surface area contributed by atoms with Gasteiger partial charge in [-0.15, -0.1) is 0 Å². The van der Waals surface area contributed by atoms with Crippen molar-refractivity contribution in [2.75, 3.05) is 13.6 Å². The zero-order valence-corrected chi connectivity index (χ0v) is 14.3. The number of unbranched alkanes of at least 4 members (excludes halogenated alkanes) is 2. The highest BCUT2D eigenvalue weighted by molar-refractivity contribution is 5.81. The summed E-state index contributed by atoms with van der Waals surface area (Å²) in [6, 6.07) is 0. The van der Waals surface area contributed by atoms with Crippen LogP contribution in [0.1, 0.15) is 73.1 Å². The van der Waals surface area contributed by atoms with Crippen LogP contribution in [0.2, 0.25) is 0 Å². The normalized spacial score (nSPS) is 38.3. The number of carboxylic acids is 1. The lowest BCUT2D eigenvalue weighted by Gasteiger charge is -2.49. The number of carboxylic acid groups (broad SMARTS) is 1. The van der Waals surface area contributed by atoms with Crippen LogP contribution >= 0.6 is 0 Å². The molecule has 1 N–H and O–H groups in total. The van der Waals surface area contributed by atoms with Gasteiger partial charge in [-0.05, 0) is 31.7 Å². The third-order valence-electron chi connectivity index (χ3n) is 6.47. The summed E-state index contributed by atoms with van der Waals surface area (Å²) in [6.45, 7) is 11.9. The maximum atomic E-state index is 12.3. The van der Waals surface area contributed by atoms with Crippen molar-refractivity contribution < 1.29 is 9.90 Å². The summed E-state index contributed by atoms with van der Waals surface area (Å²) in [5.41, 5.74) is -0.814. The van der Waals surface area contributed by atoms with Crippen molar-refractivity contribution in [2.45, 2.75) is 78.7 Å². The Morgan fingerprint density at radius 2 is 1.75 bits per heavy atom. The monoisotopic (exact) mass is 283 g/mol. The van der Waals surface area contributed by atoms with Crippen molar-refractivity contribution >= 4 is 5.97 Å². The maximum Gasteiger partial charge on any atom is 0.324 e. The standard InChI is InChI=1S/C17H33NO2/c1-7-10-11-12-17(14(19)20)16(5,9-3)15(4,8-2)13-18(17)6/h7-13H2,1-6H3,(H,19,20). The Morgan fingerprint density at radius 3 is 2.15 bits per heavy atom. The summed E-state index contributed by atoms with van der Waals surface area (Å²) in [6.07, 6.45) is 5.97. The van der Waals surface area contributed by atoms with E-state index in [9.17, 15) is 9.90 Å². The number of likely N-dealkylation sites (tertiary alicyclic amines) is 1. The molecule has 3 unspecified atom stereocenters. The Kier molecular flexibility index (Phi) is 5.29. The van der Waals surface area contributed by atoms with E-state index in [1.807, 2.05) is 7.05 Å². The fraction of sp³-hybridized carbons (Fsp3) is 0.941. The molecule has 0 saturated carbocycles. The van der Waals surface area contributed by atoms with Crippen molar-refractivity contribution in [1.29, 1.82) is 0 Å². The van der Waals surface area contributed by atoms with Crippen LogP contribution in [-0.2, 0) is 4.79 Å². The molecule has 0 bridgehead atoms. The lowest BCUT2D eigenvalue weighted by Crippen LogP contribution is -2.59. The maximum absolute atomic E-state index is 12.3. The molecule has 0 aromatic carbocycles. The van der Waals surface area contributed by atoms with Crippen molar-refractivity contribution in [1.82, 2.24) is 4.90 Å². The molecule has 3 nitrogen and oxygen atoms in total. The first-order valence-corrected chi connectivity index (χ1v) is 8.20. The number of nitrogens with zero attached hydrogens (tertiary/aromatic N) is 1. The zero-order valence-electron chi connectivity index (χ0n) is 14.3. The topological polar surface area (TPSA) is 40.5 Å². The van der Waals surface area contributed by atoms with Gasteiger partial charge in [0.15, 0.2) is 0 Å². The quantitative estimate of drug-likeness (QED) is 0.713. The van der Waals surface area contributed by atoms with Crippen LogP contribution in [0.3, 0.4) is 0 Å². The molecule has 0 amide bonds. The number of carbonyl (C=O) groups is 1. The summed E-state index contributed by atoms with van der Waals surface area (Å²) in [5, 5.41) is 10.1. The smallest absolute Gasteiger partial charge is 0.324 e. The molecule has 1 aliphatic rings. The van der Waals surface area contributed by atoms with Crippen molar-refractivity contribution in [3.8, 4) is 0 Å². The van der Waals surface area contributed by atoms with Crippen LogP contribution in [0, 0.1) is 10.8 Å². The molecule has 0 radical (unpaired) electrons. The van der Waals surface area contributed by atoms with Gasteiger partial charge in [0.1, 0.15) is 5.54 Å². The molecule has 20 heavy (non-hydrogen) atoms. The van der Waals surface area contributed by atoms with E-state index in [0.29, 0.717) is 0 Å². The van der Waals surface area contributed by atoms with Gasteiger partial charge in [0, 0.05) is 12.0 Å². The first-order valence-electron chi connectivity index (χ1n) is 8.20. The van der Waals surface area contributed by atoms with Crippen LogP contribution in [0.15, 0.2) is 0 Å². The largest absolute Gasteiger partial charge is 0.480 e. The Labute approximate surface area is 124 Å². The molecule has 1 saturated heterocycles. The number of hydrogen-bond donors (Lipinski definition) is 1. The van der Waals surface area contributed by atoms with Crippen LogP contribution < -0.4 is 0 Å². The van der Waals surface area contributed by atoms with E-state index in [-0.39, 0.29) is 10.8 Å². The summed E-state index contributed by atoms with van der Waals surface area (Å²) in [4.78, 5) is 14.4. The lowest BCUT2D eigenvalue weighted by molar-refractivity contribution is -0.158. The SMILES string of the molecule is CCCCCC1(C(=O)O)N(C)CC(C)(CC)C1(C)CC. The number of rotatable bonds is 7. The molecule has 0 spiro atoms. The Morgan fingerprint density at radius 1 is 1.15 bits per heavy atom. The van der Waals surface area contributed by atoms with E-state index in [1.54, 1.807) is 0 Å². The molecular formula is C17H33NO2. The molecule has 118 valence electrons. The van der Waals surface area contributed by atoms with Gasteiger partial charge in [0.05, 0.1) is 0 Å². The second-order valence-corrected chi connectivity index (χ2v) is 7.08. The minimum atomic E-state index is -0.707. The van der Waals surface area contributed by atoms with Crippen molar-refractivity contribution in [3.63, 3.8) is 0 Å². The molecule has 0 aromatic rings. The molecule has 1 aliphatic heterocycles. The van der Waals surface area contributed by atoms with Crippen LogP contribution in [0.4, 0.5) is 0 Å². The third kappa shape index (κ3) is 2.18. The number of aliphatic carboxylic acids is 1. The van der Waals surface area contributed by atoms with Gasteiger partial charge in [-0.1, -0.05) is 53.9 Å². The Balaban J connectivity index is 3.28. The second-order valence-electron chi connectivity index (χ2n) is 7.08. The molecule has 0 aromatic heterocycles. The average Bonchev–Trinajstić information content (AvgIpc) is 2.58. The van der Waals surface area contributed by atoms with Gasteiger partial charge in [0.25, 0.3) is 0 Å². The zero-order chi connectivity index (χ0) is 15.6. The van der Waals surface area contributed by atoms with Gasteiger partial charge in [-0.25, -0.2) is 0 Å². The van der Waals surface area contributed by atoms with Crippen molar-refractivity contribution in [3.05, 3.63) is 0 Å². The van der Waals surface area contributed by atoms with E-state index in [4.69, 9.17) is 0 Å². The first-order chi connectivity index (χ1) is 9.25. The summed E-state index contributed by atoms with van der Waals surface area (Å²) in [5.74, 6) is -0.627. The van der Waals surface area contributed by atoms with E-state index in [0.717, 1.165) is 45.1 Å².